The molecule has 1 unspecified atom stereocenters. The second-order valence-corrected chi connectivity index (χ2v) is 6.01. The Labute approximate surface area is 126 Å². The number of fused-ring (bicyclic) bond motifs is 1. The summed E-state index contributed by atoms with van der Waals surface area (Å²) < 4.78 is 1.09. The van der Waals surface area contributed by atoms with Crippen LogP contribution in [0.2, 0.25) is 0 Å². The smallest absolute Gasteiger partial charge is 0.251 e. The Kier molecular flexibility index (Phi) is 3.57. The van der Waals surface area contributed by atoms with Gasteiger partial charge in [0, 0.05) is 21.9 Å². The molecule has 0 saturated heterocycles. The van der Waals surface area contributed by atoms with Crippen LogP contribution in [0.25, 0.3) is 0 Å². The molecule has 0 aliphatic heterocycles. The maximum atomic E-state index is 12.3. The molecule has 2 aromatic rings. The second-order valence-electron chi connectivity index (χ2n) is 5.09. The third-order valence-corrected chi connectivity index (χ3v) is 4.14. The summed E-state index contributed by atoms with van der Waals surface area (Å²) in [7, 11) is 0. The van der Waals surface area contributed by atoms with Crippen LogP contribution in [0.5, 0.6) is 0 Å². The predicted octanol–water partition coefficient (Wildman–Crippen LogP) is 3.57. The molecule has 1 aliphatic rings. The first kappa shape index (κ1) is 13.3. The van der Waals surface area contributed by atoms with E-state index in [-0.39, 0.29) is 11.9 Å². The van der Waals surface area contributed by atoms with E-state index in [9.17, 15) is 4.79 Å². The van der Waals surface area contributed by atoms with Gasteiger partial charge in [0.1, 0.15) is 0 Å². The number of amides is 1. The molecule has 1 aliphatic carbocycles. The summed E-state index contributed by atoms with van der Waals surface area (Å²) >= 11 is 3.49. The van der Waals surface area contributed by atoms with Crippen LogP contribution in [-0.2, 0) is 6.42 Å². The molecule has 3 rings (SSSR count). The standard InChI is InChI=1S/C16H15BrN2O/c1-10-8-12(6-7-18-10)16(20)19-15-5-2-11-9-13(17)3-4-14(11)15/h3-4,6-9,15H,2,5H2,1H3,(H,19,20). The van der Waals surface area contributed by atoms with E-state index < -0.39 is 0 Å². The van der Waals surface area contributed by atoms with Crippen molar-refractivity contribution in [2.45, 2.75) is 25.8 Å². The quantitative estimate of drug-likeness (QED) is 0.914. The number of rotatable bonds is 2. The van der Waals surface area contributed by atoms with E-state index in [1.807, 2.05) is 19.1 Å². The molecule has 1 heterocycles. The number of aryl methyl sites for hydroxylation is 2. The molecule has 0 saturated carbocycles. The minimum absolute atomic E-state index is 0.0312. The fourth-order valence-electron chi connectivity index (χ4n) is 2.66. The molecule has 1 amide bonds. The number of nitrogens with one attached hydrogen (secondary N) is 1. The molecular formula is C16H15BrN2O. The Morgan fingerprint density at radius 2 is 2.20 bits per heavy atom. The highest BCUT2D eigenvalue weighted by atomic mass is 79.9. The van der Waals surface area contributed by atoms with E-state index in [0.717, 1.165) is 23.0 Å². The van der Waals surface area contributed by atoms with Crippen molar-refractivity contribution < 1.29 is 4.79 Å². The largest absolute Gasteiger partial charge is 0.345 e. The molecular weight excluding hydrogens is 316 g/mol. The topological polar surface area (TPSA) is 42.0 Å². The minimum Gasteiger partial charge on any atom is -0.345 e. The van der Waals surface area contributed by atoms with Gasteiger partial charge >= 0.3 is 0 Å². The zero-order chi connectivity index (χ0) is 14.1. The fourth-order valence-corrected chi connectivity index (χ4v) is 3.07. The van der Waals surface area contributed by atoms with Crippen molar-refractivity contribution in [1.29, 1.82) is 0 Å². The van der Waals surface area contributed by atoms with Gasteiger partial charge in [-0.15, -0.1) is 0 Å². The van der Waals surface area contributed by atoms with Gasteiger partial charge in [0.15, 0.2) is 0 Å². The highest BCUT2D eigenvalue weighted by Gasteiger charge is 2.24. The Morgan fingerprint density at radius 3 is 3.00 bits per heavy atom. The maximum absolute atomic E-state index is 12.3. The number of carbonyl (C=O) groups excluding carboxylic acids is 1. The van der Waals surface area contributed by atoms with Crippen LogP contribution in [0, 0.1) is 6.92 Å². The van der Waals surface area contributed by atoms with Gasteiger partial charge in [-0.25, -0.2) is 0 Å². The molecule has 0 fully saturated rings. The molecule has 0 bridgehead atoms. The van der Waals surface area contributed by atoms with Gasteiger partial charge in [0.2, 0.25) is 0 Å². The Hall–Kier alpha value is -1.68. The van der Waals surface area contributed by atoms with Crippen LogP contribution in [0.15, 0.2) is 41.0 Å². The first-order chi connectivity index (χ1) is 9.63. The van der Waals surface area contributed by atoms with Crippen LogP contribution >= 0.6 is 15.9 Å². The van der Waals surface area contributed by atoms with Gasteiger partial charge in [-0.2, -0.15) is 0 Å². The predicted molar refractivity (Wildman–Crippen MR) is 81.6 cm³/mol. The van der Waals surface area contributed by atoms with Crippen LogP contribution in [0.4, 0.5) is 0 Å². The lowest BCUT2D eigenvalue weighted by Crippen LogP contribution is -2.27. The average molecular weight is 331 g/mol. The molecule has 1 aromatic carbocycles. The van der Waals surface area contributed by atoms with Gasteiger partial charge in [0.05, 0.1) is 6.04 Å². The summed E-state index contributed by atoms with van der Waals surface area (Å²) in [5, 5.41) is 3.12. The highest BCUT2D eigenvalue weighted by Crippen LogP contribution is 2.33. The number of aromatic nitrogens is 1. The van der Waals surface area contributed by atoms with Crippen molar-refractivity contribution in [1.82, 2.24) is 10.3 Å². The summed E-state index contributed by atoms with van der Waals surface area (Å²) in [6.45, 7) is 1.89. The molecule has 1 aromatic heterocycles. The fraction of sp³-hybridized carbons (Fsp3) is 0.250. The monoisotopic (exact) mass is 330 g/mol. The molecule has 3 nitrogen and oxygen atoms in total. The molecule has 1 N–H and O–H groups in total. The van der Waals surface area contributed by atoms with Crippen molar-refractivity contribution in [2.75, 3.05) is 0 Å². The summed E-state index contributed by atoms with van der Waals surface area (Å²) in [6.07, 6.45) is 3.64. The summed E-state index contributed by atoms with van der Waals surface area (Å²) in [5.41, 5.74) is 4.07. The Morgan fingerprint density at radius 1 is 1.35 bits per heavy atom. The first-order valence-corrected chi connectivity index (χ1v) is 7.44. The molecule has 0 radical (unpaired) electrons. The van der Waals surface area contributed by atoms with E-state index in [4.69, 9.17) is 0 Å². The van der Waals surface area contributed by atoms with E-state index >= 15 is 0 Å². The van der Waals surface area contributed by atoms with E-state index in [1.165, 1.54) is 11.1 Å². The van der Waals surface area contributed by atoms with Crippen LogP contribution in [0.3, 0.4) is 0 Å². The summed E-state index contributed by atoms with van der Waals surface area (Å²) in [5.74, 6) is -0.0312. The lowest BCUT2D eigenvalue weighted by atomic mass is 10.1. The molecule has 4 heteroatoms. The molecule has 20 heavy (non-hydrogen) atoms. The zero-order valence-electron chi connectivity index (χ0n) is 11.2. The third kappa shape index (κ3) is 2.61. The van der Waals surface area contributed by atoms with E-state index in [1.54, 1.807) is 12.3 Å². The van der Waals surface area contributed by atoms with Crippen LogP contribution in [-0.4, -0.2) is 10.9 Å². The zero-order valence-corrected chi connectivity index (χ0v) is 12.8. The molecule has 0 spiro atoms. The van der Waals surface area contributed by atoms with E-state index in [2.05, 4.69) is 38.4 Å². The lowest BCUT2D eigenvalue weighted by Gasteiger charge is -2.14. The minimum atomic E-state index is -0.0312. The van der Waals surface area contributed by atoms with Gasteiger partial charge in [0.25, 0.3) is 5.91 Å². The number of hydrogen-bond donors (Lipinski definition) is 1. The van der Waals surface area contributed by atoms with Crippen molar-refractivity contribution in [3.63, 3.8) is 0 Å². The molecule has 102 valence electrons. The lowest BCUT2D eigenvalue weighted by molar-refractivity contribution is 0.0936. The normalized spacial score (nSPS) is 16.8. The van der Waals surface area contributed by atoms with E-state index in [0.29, 0.717) is 5.56 Å². The Balaban J connectivity index is 1.79. The van der Waals surface area contributed by atoms with Gasteiger partial charge < -0.3 is 5.32 Å². The summed E-state index contributed by atoms with van der Waals surface area (Å²) in [6, 6.07) is 9.93. The average Bonchev–Trinajstić information content (AvgIpc) is 2.81. The number of hydrogen-bond acceptors (Lipinski definition) is 2. The number of nitrogens with zero attached hydrogens (tertiary/aromatic N) is 1. The third-order valence-electron chi connectivity index (χ3n) is 3.65. The van der Waals surface area contributed by atoms with Crippen molar-refractivity contribution in [2.24, 2.45) is 0 Å². The Bertz CT molecular complexity index is 669. The number of carbonyl (C=O) groups is 1. The maximum Gasteiger partial charge on any atom is 0.251 e. The van der Waals surface area contributed by atoms with Crippen molar-refractivity contribution >= 4 is 21.8 Å². The molecule has 1 atom stereocenters. The van der Waals surface area contributed by atoms with Crippen LogP contribution < -0.4 is 5.32 Å². The SMILES string of the molecule is Cc1cc(C(=O)NC2CCc3cc(Br)ccc32)ccn1. The number of pyridine rings is 1. The number of benzene rings is 1. The van der Waals surface area contributed by atoms with Crippen LogP contribution in [0.1, 0.15) is 39.6 Å². The first-order valence-electron chi connectivity index (χ1n) is 6.65. The van der Waals surface area contributed by atoms with Crippen molar-refractivity contribution in [3.05, 3.63) is 63.4 Å². The summed E-state index contributed by atoms with van der Waals surface area (Å²) in [4.78, 5) is 16.4. The number of halogens is 1. The van der Waals surface area contributed by atoms with Gasteiger partial charge in [-0.3, -0.25) is 9.78 Å². The second kappa shape index (κ2) is 5.37. The van der Waals surface area contributed by atoms with Gasteiger partial charge in [-0.1, -0.05) is 22.0 Å². The van der Waals surface area contributed by atoms with Crippen molar-refractivity contribution in [3.8, 4) is 0 Å². The van der Waals surface area contributed by atoms with Gasteiger partial charge in [-0.05, 0) is 55.2 Å². The highest BCUT2D eigenvalue weighted by molar-refractivity contribution is 9.10.